The molecule has 1 unspecified atom stereocenters. The van der Waals surface area contributed by atoms with E-state index in [1.807, 2.05) is 42.6 Å². The first-order valence-electron chi connectivity index (χ1n) is 10.8. The number of rotatable bonds is 5. The molecule has 1 atom stereocenters. The number of anilines is 1. The summed E-state index contributed by atoms with van der Waals surface area (Å²) in [5.41, 5.74) is 2.22. The van der Waals surface area contributed by atoms with Gasteiger partial charge in [0.15, 0.2) is 0 Å². The fourth-order valence-electron chi connectivity index (χ4n) is 4.08. The molecule has 3 heterocycles. The monoisotopic (exact) mass is 497 g/mol. The maximum atomic E-state index is 13.0. The number of thiazole rings is 1. The maximum absolute atomic E-state index is 13.0. The number of nitrogens with zero attached hydrogens (tertiary/aromatic N) is 2. The average molecular weight is 498 g/mol. The lowest BCUT2D eigenvalue weighted by Crippen LogP contribution is -2.41. The minimum atomic E-state index is -3.56. The zero-order valence-electron chi connectivity index (χ0n) is 18.0. The Kier molecular flexibility index (Phi) is 6.05. The lowest BCUT2D eigenvalue weighted by atomic mass is 10.1. The molecule has 0 bridgehead atoms. The standard InChI is InChI=1S/C24H23N3O3S3/c1-16-6-4-5-14-27(16)33(29,30)18-11-9-17(10-12-18)22(28)26-23-19(13-15-31-23)24-25-20-7-2-3-8-21(20)32-24/h2-3,7-13,15-16H,4-6,14H2,1H3,(H,26,28). The first-order chi connectivity index (χ1) is 15.9. The van der Waals surface area contributed by atoms with Gasteiger partial charge in [-0.05, 0) is 67.6 Å². The summed E-state index contributed by atoms with van der Waals surface area (Å²) in [6, 6.07) is 16.1. The lowest BCUT2D eigenvalue weighted by Gasteiger charge is -2.32. The van der Waals surface area contributed by atoms with E-state index in [0.717, 1.165) is 45.1 Å². The number of hydrogen-bond donors (Lipinski definition) is 1. The van der Waals surface area contributed by atoms with Crippen LogP contribution in [0.25, 0.3) is 20.8 Å². The van der Waals surface area contributed by atoms with Gasteiger partial charge in [-0.25, -0.2) is 13.4 Å². The number of benzene rings is 2. The summed E-state index contributed by atoms with van der Waals surface area (Å²) in [6.07, 6.45) is 2.80. The van der Waals surface area contributed by atoms with E-state index in [9.17, 15) is 13.2 Å². The third kappa shape index (κ3) is 4.33. The van der Waals surface area contributed by atoms with Gasteiger partial charge in [0.05, 0.1) is 15.1 Å². The molecule has 1 aliphatic heterocycles. The normalized spacial score (nSPS) is 17.3. The Morgan fingerprint density at radius 3 is 2.64 bits per heavy atom. The van der Waals surface area contributed by atoms with Gasteiger partial charge < -0.3 is 5.32 Å². The summed E-state index contributed by atoms with van der Waals surface area (Å²) in [6.45, 7) is 2.49. The van der Waals surface area contributed by atoms with Crippen molar-refractivity contribution in [2.24, 2.45) is 0 Å². The van der Waals surface area contributed by atoms with Gasteiger partial charge in [0, 0.05) is 23.7 Å². The molecule has 4 aromatic rings. The summed E-state index contributed by atoms with van der Waals surface area (Å²) < 4.78 is 28.7. The molecule has 5 rings (SSSR count). The molecule has 1 amide bonds. The summed E-state index contributed by atoms with van der Waals surface area (Å²) in [5.74, 6) is -0.282. The van der Waals surface area contributed by atoms with Crippen LogP contribution in [0.1, 0.15) is 36.5 Å². The Balaban J connectivity index is 1.35. The number of amides is 1. The Morgan fingerprint density at radius 2 is 1.88 bits per heavy atom. The summed E-state index contributed by atoms with van der Waals surface area (Å²) in [4.78, 5) is 17.8. The average Bonchev–Trinajstić information content (AvgIpc) is 3.45. The SMILES string of the molecule is CC1CCCCN1S(=O)(=O)c1ccc(C(=O)Nc2sccc2-c2nc3ccccc3s2)cc1. The highest BCUT2D eigenvalue weighted by Gasteiger charge is 2.31. The van der Waals surface area contributed by atoms with Gasteiger partial charge in [-0.15, -0.1) is 22.7 Å². The molecule has 1 fully saturated rings. The molecule has 9 heteroatoms. The predicted molar refractivity (Wildman–Crippen MR) is 135 cm³/mol. The number of hydrogen-bond acceptors (Lipinski definition) is 6. The molecular formula is C24H23N3O3S3. The molecule has 0 aliphatic carbocycles. The van der Waals surface area contributed by atoms with Gasteiger partial charge >= 0.3 is 0 Å². The number of carbonyl (C=O) groups excluding carboxylic acids is 1. The van der Waals surface area contributed by atoms with Crippen molar-refractivity contribution in [3.8, 4) is 10.6 Å². The first-order valence-corrected chi connectivity index (χ1v) is 13.9. The Bertz CT molecular complexity index is 1370. The van der Waals surface area contributed by atoms with E-state index in [1.165, 1.54) is 23.5 Å². The largest absolute Gasteiger partial charge is 0.313 e. The Labute approximate surface area is 201 Å². The third-order valence-electron chi connectivity index (χ3n) is 5.88. The molecule has 0 spiro atoms. The van der Waals surface area contributed by atoms with Gasteiger partial charge in [-0.2, -0.15) is 4.31 Å². The fourth-order valence-corrected chi connectivity index (χ4v) is 7.62. The van der Waals surface area contributed by atoms with Crippen LogP contribution in [0.5, 0.6) is 0 Å². The van der Waals surface area contributed by atoms with Crippen molar-refractivity contribution in [1.82, 2.24) is 9.29 Å². The van der Waals surface area contributed by atoms with E-state index in [4.69, 9.17) is 0 Å². The second-order valence-electron chi connectivity index (χ2n) is 8.09. The smallest absolute Gasteiger partial charge is 0.256 e. The first kappa shape index (κ1) is 22.2. The quantitative estimate of drug-likeness (QED) is 0.376. The van der Waals surface area contributed by atoms with Crippen LogP contribution in [0.15, 0.2) is 64.9 Å². The van der Waals surface area contributed by atoms with E-state index in [2.05, 4.69) is 10.3 Å². The minimum absolute atomic E-state index is 0.00788. The second kappa shape index (κ2) is 8.98. The summed E-state index contributed by atoms with van der Waals surface area (Å²) in [5, 5.41) is 6.46. The number of aromatic nitrogens is 1. The van der Waals surface area contributed by atoms with Crippen molar-refractivity contribution in [3.05, 3.63) is 65.5 Å². The van der Waals surface area contributed by atoms with Crippen LogP contribution >= 0.6 is 22.7 Å². The van der Waals surface area contributed by atoms with Crippen LogP contribution in [0, 0.1) is 0 Å². The van der Waals surface area contributed by atoms with Gasteiger partial charge in [0.1, 0.15) is 10.0 Å². The Hall–Kier alpha value is -2.59. The molecule has 2 aromatic heterocycles. The zero-order chi connectivity index (χ0) is 23.0. The fraction of sp³-hybridized carbons (Fsp3) is 0.250. The maximum Gasteiger partial charge on any atom is 0.256 e. The molecule has 6 nitrogen and oxygen atoms in total. The number of para-hydroxylation sites is 1. The van der Waals surface area contributed by atoms with Gasteiger partial charge in [-0.3, -0.25) is 4.79 Å². The van der Waals surface area contributed by atoms with Gasteiger partial charge in [-0.1, -0.05) is 18.6 Å². The molecular weight excluding hydrogens is 474 g/mol. The van der Waals surface area contributed by atoms with Crippen molar-refractivity contribution in [3.63, 3.8) is 0 Å². The van der Waals surface area contributed by atoms with E-state index >= 15 is 0 Å². The van der Waals surface area contributed by atoms with Crippen LogP contribution in [0.3, 0.4) is 0 Å². The number of thiophene rings is 1. The van der Waals surface area contributed by atoms with Crippen LogP contribution in [-0.4, -0.2) is 36.2 Å². The molecule has 1 saturated heterocycles. The number of sulfonamides is 1. The van der Waals surface area contributed by atoms with Crippen LogP contribution in [-0.2, 0) is 10.0 Å². The highest BCUT2D eigenvalue weighted by atomic mass is 32.2. The molecule has 1 aliphatic rings. The van der Waals surface area contributed by atoms with Crippen molar-refractivity contribution >= 4 is 53.8 Å². The van der Waals surface area contributed by atoms with Crippen LogP contribution in [0.4, 0.5) is 5.00 Å². The van der Waals surface area contributed by atoms with Crippen LogP contribution < -0.4 is 5.32 Å². The van der Waals surface area contributed by atoms with E-state index < -0.39 is 10.0 Å². The topological polar surface area (TPSA) is 79.4 Å². The van der Waals surface area contributed by atoms with E-state index in [1.54, 1.807) is 27.8 Å². The predicted octanol–water partition coefficient (Wildman–Crippen LogP) is 5.84. The second-order valence-corrected chi connectivity index (χ2v) is 11.9. The highest BCUT2D eigenvalue weighted by Crippen LogP contribution is 2.38. The van der Waals surface area contributed by atoms with E-state index in [0.29, 0.717) is 12.1 Å². The summed E-state index contributed by atoms with van der Waals surface area (Å²) in [7, 11) is -3.56. The molecule has 0 radical (unpaired) electrons. The van der Waals surface area contributed by atoms with Crippen molar-refractivity contribution < 1.29 is 13.2 Å². The zero-order valence-corrected chi connectivity index (χ0v) is 20.5. The summed E-state index contributed by atoms with van der Waals surface area (Å²) >= 11 is 3.02. The number of carbonyl (C=O) groups is 1. The van der Waals surface area contributed by atoms with Crippen molar-refractivity contribution in [1.29, 1.82) is 0 Å². The van der Waals surface area contributed by atoms with Crippen molar-refractivity contribution in [2.75, 3.05) is 11.9 Å². The number of piperidine rings is 1. The molecule has 1 N–H and O–H groups in total. The molecule has 2 aromatic carbocycles. The van der Waals surface area contributed by atoms with Crippen LogP contribution in [0.2, 0.25) is 0 Å². The number of fused-ring (bicyclic) bond motifs is 1. The lowest BCUT2D eigenvalue weighted by molar-refractivity contribution is 0.102. The van der Waals surface area contributed by atoms with Crippen molar-refractivity contribution in [2.45, 2.75) is 37.1 Å². The molecule has 170 valence electrons. The van der Waals surface area contributed by atoms with Gasteiger partial charge in [0.25, 0.3) is 5.91 Å². The Morgan fingerprint density at radius 1 is 1.09 bits per heavy atom. The van der Waals surface area contributed by atoms with E-state index in [-0.39, 0.29) is 16.8 Å². The number of nitrogens with one attached hydrogen (secondary N) is 1. The minimum Gasteiger partial charge on any atom is -0.313 e. The molecule has 33 heavy (non-hydrogen) atoms. The highest BCUT2D eigenvalue weighted by molar-refractivity contribution is 7.89. The third-order valence-corrected chi connectivity index (χ3v) is 9.81. The molecule has 0 saturated carbocycles. The van der Waals surface area contributed by atoms with Gasteiger partial charge in [0.2, 0.25) is 10.0 Å².